The van der Waals surface area contributed by atoms with Crippen molar-refractivity contribution in [3.8, 4) is 0 Å². The van der Waals surface area contributed by atoms with E-state index >= 15 is 0 Å². The van der Waals surface area contributed by atoms with Gasteiger partial charge in [-0.05, 0) is 32.9 Å². The van der Waals surface area contributed by atoms with Crippen LogP contribution in [0.25, 0.3) is 0 Å². The molecule has 1 saturated heterocycles. The minimum Gasteiger partial charge on any atom is -0.443 e. The van der Waals surface area contributed by atoms with Gasteiger partial charge in [0.05, 0.1) is 13.2 Å². The van der Waals surface area contributed by atoms with E-state index in [0.717, 1.165) is 17.0 Å². The van der Waals surface area contributed by atoms with Gasteiger partial charge in [-0.2, -0.15) is 8.78 Å². The number of carbonyl (C=O) groups is 2. The number of ether oxygens (including phenoxy) is 2. The topological polar surface area (TPSA) is 59.1 Å². The van der Waals surface area contributed by atoms with E-state index in [-0.39, 0.29) is 26.3 Å². The molecule has 1 aromatic rings. The Hall–Kier alpha value is -2.22. The number of benzene rings is 1. The van der Waals surface area contributed by atoms with Crippen molar-refractivity contribution in [1.82, 2.24) is 4.90 Å². The fourth-order valence-electron chi connectivity index (χ4n) is 2.42. The highest BCUT2D eigenvalue weighted by atomic mass is 19.3. The van der Waals surface area contributed by atoms with Gasteiger partial charge in [0.25, 0.3) is 5.91 Å². The number of amides is 2. The van der Waals surface area contributed by atoms with Crippen molar-refractivity contribution in [2.75, 3.05) is 38.3 Å². The SMILES string of the molecule is CN(C(=O)OC(C)(C)C)c1ccc(C(F)(F)C(=O)N2CCOCC2)cc1. The number of nitrogens with zero attached hydrogens (tertiary/aromatic N) is 2. The third-order valence-electron chi connectivity index (χ3n) is 3.85. The third kappa shape index (κ3) is 4.69. The monoisotopic (exact) mass is 370 g/mol. The maximum absolute atomic E-state index is 14.5. The molecule has 0 aromatic heterocycles. The smallest absolute Gasteiger partial charge is 0.414 e. The van der Waals surface area contributed by atoms with E-state index in [1.54, 1.807) is 20.8 Å². The summed E-state index contributed by atoms with van der Waals surface area (Å²) in [5.41, 5.74) is -0.698. The van der Waals surface area contributed by atoms with Crippen LogP contribution in [-0.2, 0) is 20.2 Å². The predicted octanol–water partition coefficient (Wildman–Crippen LogP) is 3.01. The van der Waals surface area contributed by atoms with Crippen LogP contribution >= 0.6 is 0 Å². The fraction of sp³-hybridized carbons (Fsp3) is 0.556. The molecule has 144 valence electrons. The zero-order valence-corrected chi connectivity index (χ0v) is 15.4. The molecule has 0 atom stereocenters. The lowest BCUT2D eigenvalue weighted by atomic mass is 10.1. The molecule has 1 heterocycles. The minimum absolute atomic E-state index is 0.147. The summed E-state index contributed by atoms with van der Waals surface area (Å²) < 4.78 is 39.3. The van der Waals surface area contributed by atoms with Crippen LogP contribution in [0.4, 0.5) is 19.3 Å². The van der Waals surface area contributed by atoms with Crippen LogP contribution in [0.3, 0.4) is 0 Å². The lowest BCUT2D eigenvalue weighted by molar-refractivity contribution is -0.163. The van der Waals surface area contributed by atoms with E-state index in [1.165, 1.54) is 24.1 Å². The molecule has 0 saturated carbocycles. The Labute approximate surface area is 151 Å². The van der Waals surface area contributed by atoms with E-state index < -0.39 is 29.1 Å². The molecule has 0 unspecified atom stereocenters. The van der Waals surface area contributed by atoms with Crippen molar-refractivity contribution in [1.29, 1.82) is 0 Å². The molecule has 1 aliphatic rings. The molecule has 6 nitrogen and oxygen atoms in total. The standard InChI is InChI=1S/C18H24F2N2O4/c1-17(2,3)26-16(24)21(4)14-7-5-13(6-8-14)18(19,20)15(23)22-9-11-25-12-10-22/h5-8H,9-12H2,1-4H3. The number of carbonyl (C=O) groups excluding carboxylic acids is 2. The van der Waals surface area contributed by atoms with Crippen LogP contribution in [0.15, 0.2) is 24.3 Å². The first-order chi connectivity index (χ1) is 12.0. The highest BCUT2D eigenvalue weighted by Crippen LogP contribution is 2.32. The van der Waals surface area contributed by atoms with Gasteiger partial charge in [-0.3, -0.25) is 9.69 Å². The minimum atomic E-state index is -3.64. The van der Waals surface area contributed by atoms with E-state index in [2.05, 4.69) is 0 Å². The summed E-state index contributed by atoms with van der Waals surface area (Å²) in [6.07, 6.45) is -0.596. The van der Waals surface area contributed by atoms with Crippen LogP contribution < -0.4 is 4.90 Å². The second kappa shape index (κ2) is 7.57. The van der Waals surface area contributed by atoms with Gasteiger partial charge in [0.2, 0.25) is 0 Å². The molecule has 1 aromatic carbocycles. The van der Waals surface area contributed by atoms with Gasteiger partial charge in [0.1, 0.15) is 5.60 Å². The number of rotatable bonds is 3. The first-order valence-electron chi connectivity index (χ1n) is 8.34. The third-order valence-corrected chi connectivity index (χ3v) is 3.85. The quantitative estimate of drug-likeness (QED) is 0.821. The number of hydrogen-bond acceptors (Lipinski definition) is 4. The summed E-state index contributed by atoms with van der Waals surface area (Å²) in [7, 11) is 1.49. The molecule has 2 rings (SSSR count). The van der Waals surface area contributed by atoms with Crippen molar-refractivity contribution in [2.24, 2.45) is 0 Å². The Bertz CT molecular complexity index is 650. The van der Waals surface area contributed by atoms with Crippen LogP contribution in [-0.4, -0.2) is 55.9 Å². The molecular weight excluding hydrogens is 346 g/mol. The normalized spacial score (nSPS) is 15.5. The largest absolute Gasteiger partial charge is 0.443 e. The number of alkyl halides is 2. The summed E-state index contributed by atoms with van der Waals surface area (Å²) in [5.74, 6) is -4.88. The molecule has 8 heteroatoms. The predicted molar refractivity (Wildman–Crippen MR) is 92.4 cm³/mol. The first-order valence-corrected chi connectivity index (χ1v) is 8.34. The lowest BCUT2D eigenvalue weighted by Crippen LogP contribution is -2.47. The average molecular weight is 370 g/mol. The fourth-order valence-corrected chi connectivity index (χ4v) is 2.42. The van der Waals surface area contributed by atoms with E-state index in [1.807, 2.05) is 0 Å². The second-order valence-electron chi connectivity index (χ2n) is 7.07. The lowest BCUT2D eigenvalue weighted by Gasteiger charge is -2.30. The maximum atomic E-state index is 14.5. The number of halogens is 2. The van der Waals surface area contributed by atoms with Crippen molar-refractivity contribution < 1.29 is 27.8 Å². The van der Waals surface area contributed by atoms with Crippen molar-refractivity contribution in [3.63, 3.8) is 0 Å². The molecule has 0 radical (unpaired) electrons. The van der Waals surface area contributed by atoms with Gasteiger partial charge >= 0.3 is 12.0 Å². The summed E-state index contributed by atoms with van der Waals surface area (Å²) in [6.45, 7) is 6.00. The molecule has 0 spiro atoms. The summed E-state index contributed by atoms with van der Waals surface area (Å²) >= 11 is 0. The van der Waals surface area contributed by atoms with Crippen molar-refractivity contribution in [3.05, 3.63) is 29.8 Å². The maximum Gasteiger partial charge on any atom is 0.414 e. The summed E-state index contributed by atoms with van der Waals surface area (Å²) in [6, 6.07) is 5.02. The summed E-state index contributed by atoms with van der Waals surface area (Å²) in [5, 5.41) is 0. The van der Waals surface area contributed by atoms with Gasteiger partial charge in [-0.25, -0.2) is 4.79 Å². The molecule has 26 heavy (non-hydrogen) atoms. The van der Waals surface area contributed by atoms with Crippen LogP contribution in [0.5, 0.6) is 0 Å². The molecule has 0 bridgehead atoms. The van der Waals surface area contributed by atoms with Crippen molar-refractivity contribution in [2.45, 2.75) is 32.3 Å². The molecular formula is C18H24F2N2O4. The van der Waals surface area contributed by atoms with E-state index in [0.29, 0.717) is 5.69 Å². The van der Waals surface area contributed by atoms with Crippen LogP contribution in [0.1, 0.15) is 26.3 Å². The molecule has 0 N–H and O–H groups in total. The highest BCUT2D eigenvalue weighted by molar-refractivity contribution is 5.88. The Morgan fingerprint density at radius 1 is 1.12 bits per heavy atom. The van der Waals surface area contributed by atoms with Gasteiger partial charge < -0.3 is 14.4 Å². The highest BCUT2D eigenvalue weighted by Gasteiger charge is 2.44. The van der Waals surface area contributed by atoms with E-state index in [4.69, 9.17) is 9.47 Å². The molecule has 1 fully saturated rings. The van der Waals surface area contributed by atoms with Gasteiger partial charge in [-0.1, -0.05) is 12.1 Å². The molecule has 0 aliphatic carbocycles. The first kappa shape index (κ1) is 20.1. The Morgan fingerprint density at radius 2 is 1.65 bits per heavy atom. The number of morpholine rings is 1. The zero-order valence-electron chi connectivity index (χ0n) is 15.4. The van der Waals surface area contributed by atoms with E-state index in [9.17, 15) is 18.4 Å². The number of anilines is 1. The van der Waals surface area contributed by atoms with Gasteiger partial charge in [-0.15, -0.1) is 0 Å². The Kier molecular flexibility index (Phi) is 5.85. The molecule has 2 amide bonds. The van der Waals surface area contributed by atoms with Gasteiger partial charge in [0.15, 0.2) is 0 Å². The number of hydrogen-bond donors (Lipinski definition) is 0. The zero-order chi connectivity index (χ0) is 19.5. The Balaban J connectivity index is 2.12. The van der Waals surface area contributed by atoms with Crippen LogP contribution in [0.2, 0.25) is 0 Å². The Morgan fingerprint density at radius 3 is 2.15 bits per heavy atom. The summed E-state index contributed by atoms with van der Waals surface area (Å²) in [4.78, 5) is 26.5. The van der Waals surface area contributed by atoms with Gasteiger partial charge in [0, 0.05) is 31.4 Å². The van der Waals surface area contributed by atoms with Crippen LogP contribution in [0, 0.1) is 0 Å². The average Bonchev–Trinajstić information content (AvgIpc) is 2.59. The van der Waals surface area contributed by atoms with Crippen molar-refractivity contribution >= 4 is 17.7 Å². The second-order valence-corrected chi connectivity index (χ2v) is 7.07. The molecule has 1 aliphatic heterocycles.